The van der Waals surface area contributed by atoms with Crippen LogP contribution in [0.4, 0.5) is 0 Å². The molecule has 0 spiro atoms. The van der Waals surface area contributed by atoms with Crippen molar-refractivity contribution < 1.29 is 23.1 Å². The first kappa shape index (κ1) is 11.6. The average Bonchev–Trinajstić information content (AvgIpc) is 2.47. The topological polar surface area (TPSA) is 94.6 Å². The first-order chi connectivity index (χ1) is 7.87. The van der Waals surface area contributed by atoms with Crippen molar-refractivity contribution >= 4 is 21.9 Å². The van der Waals surface area contributed by atoms with Crippen molar-refractivity contribution in [3.8, 4) is 0 Å². The van der Waals surface area contributed by atoms with Gasteiger partial charge in [-0.3, -0.25) is 4.79 Å². The molecule has 7 heteroatoms. The van der Waals surface area contributed by atoms with Crippen LogP contribution in [0.3, 0.4) is 0 Å². The molecule has 1 aromatic carbocycles. The van der Waals surface area contributed by atoms with E-state index in [1.807, 2.05) is 0 Å². The zero-order chi connectivity index (χ0) is 12.8. The third-order valence-corrected chi connectivity index (χ3v) is 4.46. The van der Waals surface area contributed by atoms with E-state index in [4.69, 9.17) is 0 Å². The molecule has 1 aliphatic rings. The van der Waals surface area contributed by atoms with Crippen LogP contribution in [0.25, 0.3) is 0 Å². The van der Waals surface area contributed by atoms with Gasteiger partial charge < -0.3 is 9.90 Å². The molecule has 0 radical (unpaired) electrons. The molecule has 1 aliphatic heterocycles. The van der Waals surface area contributed by atoms with Gasteiger partial charge in [-0.15, -0.1) is 0 Å². The van der Waals surface area contributed by atoms with Crippen LogP contribution in [0.5, 0.6) is 0 Å². The number of aliphatic carboxylic acids is 1. The van der Waals surface area contributed by atoms with E-state index in [2.05, 4.69) is 0 Å². The van der Waals surface area contributed by atoms with Gasteiger partial charge in [-0.2, -0.15) is 0 Å². The van der Waals surface area contributed by atoms with Crippen molar-refractivity contribution in [3.05, 3.63) is 29.8 Å². The Morgan fingerprint density at radius 3 is 2.47 bits per heavy atom. The lowest BCUT2D eigenvalue weighted by Gasteiger charge is -2.23. The molecule has 0 aliphatic carbocycles. The number of nitrogens with zero attached hydrogens (tertiary/aromatic N) is 1. The summed E-state index contributed by atoms with van der Waals surface area (Å²) >= 11 is 0. The first-order valence-electron chi connectivity index (χ1n) is 4.76. The minimum absolute atomic E-state index is 0.0133. The molecule has 1 amide bonds. The van der Waals surface area contributed by atoms with Crippen LogP contribution in [0, 0.1) is 0 Å². The summed E-state index contributed by atoms with van der Waals surface area (Å²) in [5, 5.41) is 10.7. The smallest absolute Gasteiger partial charge is 0.269 e. The number of carbonyl (C=O) groups excluding carboxylic acids is 2. The number of benzene rings is 1. The number of hydrogen-bond donors (Lipinski definition) is 0. The predicted molar refractivity (Wildman–Crippen MR) is 54.3 cm³/mol. The van der Waals surface area contributed by atoms with Gasteiger partial charge >= 0.3 is 0 Å². The number of fused-ring (bicyclic) bond motifs is 1. The molecular formula is C10H8NO5S-. The highest BCUT2D eigenvalue weighted by Gasteiger charge is 2.43. The van der Waals surface area contributed by atoms with Crippen molar-refractivity contribution in [2.75, 3.05) is 0 Å². The number of rotatable bonds is 2. The fourth-order valence-electron chi connectivity index (χ4n) is 1.68. The Morgan fingerprint density at radius 1 is 1.35 bits per heavy atom. The molecule has 90 valence electrons. The highest BCUT2D eigenvalue weighted by molar-refractivity contribution is 7.90. The fraction of sp³-hybridized carbons (Fsp3) is 0.200. The molecule has 1 atom stereocenters. The van der Waals surface area contributed by atoms with E-state index in [-0.39, 0.29) is 10.5 Å². The highest BCUT2D eigenvalue weighted by Crippen LogP contribution is 2.31. The van der Waals surface area contributed by atoms with Crippen molar-refractivity contribution in [1.82, 2.24) is 4.31 Å². The summed E-state index contributed by atoms with van der Waals surface area (Å²) in [5.74, 6) is -2.45. The molecule has 1 heterocycles. The summed E-state index contributed by atoms with van der Waals surface area (Å²) < 4.78 is 24.2. The Balaban J connectivity index is 2.63. The zero-order valence-electron chi connectivity index (χ0n) is 8.78. The van der Waals surface area contributed by atoms with Crippen LogP contribution < -0.4 is 5.11 Å². The van der Waals surface area contributed by atoms with Gasteiger partial charge in [0.25, 0.3) is 15.9 Å². The zero-order valence-corrected chi connectivity index (χ0v) is 9.60. The number of carboxylic acid groups (broad SMARTS) is 1. The highest BCUT2D eigenvalue weighted by atomic mass is 32.2. The summed E-state index contributed by atoms with van der Waals surface area (Å²) in [7, 11) is -4.08. The van der Waals surface area contributed by atoms with Crippen molar-refractivity contribution in [2.24, 2.45) is 0 Å². The van der Waals surface area contributed by atoms with E-state index in [1.54, 1.807) is 0 Å². The molecule has 0 bridgehead atoms. The summed E-state index contributed by atoms with van der Waals surface area (Å²) in [5.41, 5.74) is -0.0133. The van der Waals surface area contributed by atoms with Crippen LogP contribution in [0.1, 0.15) is 17.3 Å². The van der Waals surface area contributed by atoms with Crippen LogP contribution in [0.2, 0.25) is 0 Å². The molecule has 0 N–H and O–H groups in total. The molecule has 1 aromatic rings. The lowest BCUT2D eigenvalue weighted by atomic mass is 10.2. The van der Waals surface area contributed by atoms with Gasteiger partial charge in [0.2, 0.25) is 0 Å². The van der Waals surface area contributed by atoms with Gasteiger partial charge in [0.1, 0.15) is 4.90 Å². The number of sulfonamides is 1. The molecule has 0 saturated carbocycles. The number of carbonyl (C=O) groups is 2. The molecule has 17 heavy (non-hydrogen) atoms. The Morgan fingerprint density at radius 2 is 1.94 bits per heavy atom. The second-order valence-electron chi connectivity index (χ2n) is 3.60. The maximum Gasteiger partial charge on any atom is 0.269 e. The molecule has 2 rings (SSSR count). The van der Waals surface area contributed by atoms with Gasteiger partial charge in [0.15, 0.2) is 0 Å². The number of hydrogen-bond acceptors (Lipinski definition) is 5. The number of carboxylic acids is 1. The maximum absolute atomic E-state index is 12.0. The van der Waals surface area contributed by atoms with Crippen LogP contribution in [0.15, 0.2) is 29.2 Å². The standard InChI is InChI=1S/C10H9NO5S/c1-6(10(13)14)11-9(12)7-4-2-3-5-8(7)17(11,15)16/h2-6H,1H3,(H,13,14)/p-1/t6-/m0/s1. The second kappa shape index (κ2) is 3.56. The van der Waals surface area contributed by atoms with E-state index < -0.39 is 27.9 Å². The molecular weight excluding hydrogens is 246 g/mol. The van der Waals surface area contributed by atoms with Crippen LogP contribution >= 0.6 is 0 Å². The van der Waals surface area contributed by atoms with E-state index in [0.29, 0.717) is 4.31 Å². The third kappa shape index (κ3) is 1.50. The van der Waals surface area contributed by atoms with Gasteiger partial charge in [0, 0.05) is 0 Å². The Labute approximate surface area is 97.5 Å². The van der Waals surface area contributed by atoms with E-state index >= 15 is 0 Å². The molecule has 0 saturated heterocycles. The lowest BCUT2D eigenvalue weighted by molar-refractivity contribution is -0.309. The summed E-state index contributed by atoms with van der Waals surface area (Å²) in [6, 6.07) is 4.07. The van der Waals surface area contributed by atoms with Gasteiger partial charge in [-0.05, 0) is 19.1 Å². The monoisotopic (exact) mass is 254 g/mol. The summed E-state index contributed by atoms with van der Waals surface area (Å²) in [6.07, 6.45) is 0. The van der Waals surface area contributed by atoms with E-state index in [1.165, 1.54) is 24.3 Å². The molecule has 6 nitrogen and oxygen atoms in total. The predicted octanol–water partition coefficient (Wildman–Crippen LogP) is -1.03. The molecule has 0 unspecified atom stereocenters. The minimum atomic E-state index is -4.08. The number of amides is 1. The largest absolute Gasteiger partial charge is 0.548 e. The van der Waals surface area contributed by atoms with E-state index in [0.717, 1.165) is 6.92 Å². The van der Waals surface area contributed by atoms with Crippen LogP contribution in [-0.2, 0) is 14.8 Å². The van der Waals surface area contributed by atoms with E-state index in [9.17, 15) is 23.1 Å². The maximum atomic E-state index is 12.0. The van der Waals surface area contributed by atoms with Gasteiger partial charge in [-0.1, -0.05) is 12.1 Å². The van der Waals surface area contributed by atoms with Crippen molar-refractivity contribution in [3.63, 3.8) is 0 Å². The van der Waals surface area contributed by atoms with Crippen LogP contribution in [-0.4, -0.2) is 30.6 Å². The Kier molecular flexibility index (Phi) is 2.43. The van der Waals surface area contributed by atoms with Gasteiger partial charge in [-0.25, -0.2) is 12.7 Å². The molecule has 0 fully saturated rings. The fourth-order valence-corrected chi connectivity index (χ4v) is 3.40. The Hall–Kier alpha value is -1.89. The van der Waals surface area contributed by atoms with Gasteiger partial charge in [0.05, 0.1) is 17.6 Å². The van der Waals surface area contributed by atoms with Crippen molar-refractivity contribution in [1.29, 1.82) is 0 Å². The summed E-state index contributed by atoms with van der Waals surface area (Å²) in [6.45, 7) is 1.09. The summed E-state index contributed by atoms with van der Waals surface area (Å²) in [4.78, 5) is 22.3. The molecule has 0 aromatic heterocycles. The third-order valence-electron chi connectivity index (χ3n) is 2.55. The first-order valence-corrected chi connectivity index (χ1v) is 6.20. The second-order valence-corrected chi connectivity index (χ2v) is 5.38. The average molecular weight is 254 g/mol. The quantitative estimate of drug-likeness (QED) is 0.672. The minimum Gasteiger partial charge on any atom is -0.548 e. The Bertz CT molecular complexity index is 607. The SMILES string of the molecule is C[C@@H](C(=O)[O-])N1C(=O)c2ccccc2S1(=O)=O. The lowest BCUT2D eigenvalue weighted by Crippen LogP contribution is -2.48. The van der Waals surface area contributed by atoms with Crippen molar-refractivity contribution in [2.45, 2.75) is 17.9 Å². The normalized spacial score (nSPS) is 18.9.